The second kappa shape index (κ2) is 3.98. The summed E-state index contributed by atoms with van der Waals surface area (Å²) >= 11 is 1.42. The second-order valence-corrected chi connectivity index (χ2v) is 4.71. The van der Waals surface area contributed by atoms with Crippen molar-refractivity contribution in [1.82, 2.24) is 4.98 Å². The van der Waals surface area contributed by atoms with Crippen molar-refractivity contribution >= 4 is 33.5 Å². The molecule has 0 aliphatic rings. The maximum Gasteiger partial charge on any atom is 0.160 e. The lowest BCUT2D eigenvalue weighted by atomic mass is 10.2. The second-order valence-electron chi connectivity index (χ2n) is 3.64. The van der Waals surface area contributed by atoms with Crippen molar-refractivity contribution in [2.45, 2.75) is 19.9 Å². The first-order valence-electron chi connectivity index (χ1n) is 4.81. The van der Waals surface area contributed by atoms with Crippen LogP contribution >= 0.6 is 11.3 Å². The normalized spacial score (nSPS) is 10.9. The van der Waals surface area contributed by atoms with Gasteiger partial charge in [0.15, 0.2) is 6.29 Å². The Labute approximate surface area is 92.1 Å². The van der Waals surface area contributed by atoms with Crippen molar-refractivity contribution in [2.24, 2.45) is 0 Å². The number of fused-ring (bicyclic) bond motifs is 1. The summed E-state index contributed by atoms with van der Waals surface area (Å²) < 4.78 is 0. The first kappa shape index (κ1) is 10.1. The topological polar surface area (TPSA) is 42.0 Å². The van der Waals surface area contributed by atoms with Gasteiger partial charge in [0.05, 0.1) is 4.88 Å². The highest BCUT2D eigenvalue weighted by Crippen LogP contribution is 2.28. The van der Waals surface area contributed by atoms with Gasteiger partial charge in [0.1, 0.15) is 4.83 Å². The minimum Gasteiger partial charge on any atom is -0.382 e. The van der Waals surface area contributed by atoms with Gasteiger partial charge in [-0.1, -0.05) is 0 Å². The summed E-state index contributed by atoms with van der Waals surface area (Å²) in [5, 5.41) is 4.36. The van der Waals surface area contributed by atoms with Gasteiger partial charge in [0.25, 0.3) is 0 Å². The average molecular weight is 220 g/mol. The van der Waals surface area contributed by atoms with E-state index in [1.54, 1.807) is 6.20 Å². The Morgan fingerprint density at radius 2 is 2.33 bits per heavy atom. The number of aromatic nitrogens is 1. The number of carbonyl (C=O) groups is 1. The number of nitrogens with one attached hydrogen (secondary N) is 1. The number of nitrogens with zero attached hydrogens (tertiary/aromatic N) is 1. The van der Waals surface area contributed by atoms with E-state index >= 15 is 0 Å². The Morgan fingerprint density at radius 3 is 3.00 bits per heavy atom. The van der Waals surface area contributed by atoms with E-state index in [4.69, 9.17) is 0 Å². The number of anilines is 1. The van der Waals surface area contributed by atoms with Crippen molar-refractivity contribution in [3.8, 4) is 0 Å². The van der Waals surface area contributed by atoms with Crippen LogP contribution in [0.2, 0.25) is 0 Å². The minimum absolute atomic E-state index is 0.371. The summed E-state index contributed by atoms with van der Waals surface area (Å²) in [6.45, 7) is 4.17. The molecule has 0 aliphatic carbocycles. The first-order valence-corrected chi connectivity index (χ1v) is 5.62. The van der Waals surface area contributed by atoms with E-state index in [9.17, 15) is 4.79 Å². The largest absolute Gasteiger partial charge is 0.382 e. The smallest absolute Gasteiger partial charge is 0.160 e. The third-order valence-corrected chi connectivity index (χ3v) is 2.98. The van der Waals surface area contributed by atoms with Gasteiger partial charge in [-0.25, -0.2) is 4.98 Å². The lowest BCUT2D eigenvalue weighted by Gasteiger charge is -2.10. The van der Waals surface area contributed by atoms with Gasteiger partial charge in [-0.05, 0) is 26.0 Å². The number of aldehydes is 1. The van der Waals surface area contributed by atoms with E-state index in [-0.39, 0.29) is 0 Å². The van der Waals surface area contributed by atoms with Gasteiger partial charge < -0.3 is 5.32 Å². The molecule has 3 nitrogen and oxygen atoms in total. The molecule has 0 aliphatic heterocycles. The van der Waals surface area contributed by atoms with Crippen LogP contribution in [0.25, 0.3) is 10.2 Å². The first-order chi connectivity index (χ1) is 7.20. The average Bonchev–Trinajstić information content (AvgIpc) is 2.61. The van der Waals surface area contributed by atoms with E-state index in [0.29, 0.717) is 6.04 Å². The fraction of sp³-hybridized carbons (Fsp3) is 0.273. The van der Waals surface area contributed by atoms with Crippen molar-refractivity contribution in [3.05, 3.63) is 23.2 Å². The van der Waals surface area contributed by atoms with Gasteiger partial charge in [-0.3, -0.25) is 4.79 Å². The number of thiophene rings is 1. The van der Waals surface area contributed by atoms with Gasteiger partial charge in [0, 0.05) is 23.3 Å². The Morgan fingerprint density at radius 1 is 1.53 bits per heavy atom. The molecule has 2 aromatic rings. The molecule has 0 bridgehead atoms. The zero-order valence-electron chi connectivity index (χ0n) is 8.65. The van der Waals surface area contributed by atoms with Crippen LogP contribution in [-0.2, 0) is 0 Å². The number of pyridine rings is 1. The summed E-state index contributed by atoms with van der Waals surface area (Å²) in [5.74, 6) is 0. The predicted octanol–water partition coefficient (Wildman–Crippen LogP) is 2.93. The third kappa shape index (κ3) is 1.99. The van der Waals surface area contributed by atoms with E-state index in [0.717, 1.165) is 27.1 Å². The molecule has 2 heterocycles. The lowest BCUT2D eigenvalue weighted by Crippen LogP contribution is -2.09. The van der Waals surface area contributed by atoms with Crippen molar-refractivity contribution < 1.29 is 4.79 Å². The summed E-state index contributed by atoms with van der Waals surface area (Å²) in [7, 11) is 0. The van der Waals surface area contributed by atoms with E-state index < -0.39 is 0 Å². The third-order valence-electron chi connectivity index (χ3n) is 2.02. The highest BCUT2D eigenvalue weighted by Gasteiger charge is 2.07. The summed E-state index contributed by atoms with van der Waals surface area (Å²) in [4.78, 5) is 16.5. The minimum atomic E-state index is 0.371. The van der Waals surface area contributed by atoms with Crippen LogP contribution in [0.5, 0.6) is 0 Å². The number of hydrogen-bond acceptors (Lipinski definition) is 4. The molecule has 0 aromatic carbocycles. The maximum absolute atomic E-state index is 10.7. The lowest BCUT2D eigenvalue weighted by molar-refractivity contribution is 0.112. The predicted molar refractivity (Wildman–Crippen MR) is 63.8 cm³/mol. The Hall–Kier alpha value is -1.42. The Balaban J connectivity index is 2.54. The fourth-order valence-electron chi connectivity index (χ4n) is 1.45. The molecule has 0 radical (unpaired) electrons. The molecule has 15 heavy (non-hydrogen) atoms. The van der Waals surface area contributed by atoms with Gasteiger partial charge in [-0.2, -0.15) is 0 Å². The molecular formula is C11H12N2OS. The van der Waals surface area contributed by atoms with Gasteiger partial charge in [0.2, 0.25) is 0 Å². The zero-order valence-corrected chi connectivity index (χ0v) is 9.47. The molecule has 0 atom stereocenters. The SMILES string of the molecule is CC(C)Nc1ccnc2sc(C=O)cc12. The highest BCUT2D eigenvalue weighted by molar-refractivity contribution is 7.20. The maximum atomic E-state index is 10.7. The van der Waals surface area contributed by atoms with E-state index in [2.05, 4.69) is 24.1 Å². The molecule has 1 N–H and O–H groups in total. The quantitative estimate of drug-likeness (QED) is 0.809. The Kier molecular flexibility index (Phi) is 2.68. The van der Waals surface area contributed by atoms with Crippen LogP contribution in [0.15, 0.2) is 18.3 Å². The van der Waals surface area contributed by atoms with Crippen LogP contribution in [0.3, 0.4) is 0 Å². The monoisotopic (exact) mass is 220 g/mol. The van der Waals surface area contributed by atoms with Crippen LogP contribution in [-0.4, -0.2) is 17.3 Å². The van der Waals surface area contributed by atoms with Crippen molar-refractivity contribution in [3.63, 3.8) is 0 Å². The molecule has 2 rings (SSSR count). The summed E-state index contributed by atoms with van der Waals surface area (Å²) in [6.07, 6.45) is 2.63. The van der Waals surface area contributed by atoms with Crippen LogP contribution in [0, 0.1) is 0 Å². The van der Waals surface area contributed by atoms with Crippen molar-refractivity contribution in [1.29, 1.82) is 0 Å². The number of carbonyl (C=O) groups excluding carboxylic acids is 1. The molecule has 0 fully saturated rings. The standard InChI is InChI=1S/C11H12N2OS/c1-7(2)13-10-3-4-12-11-9(10)5-8(6-14)15-11/h3-7H,1-2H3,(H,12,13). The molecule has 4 heteroatoms. The van der Waals surface area contributed by atoms with Crippen LogP contribution < -0.4 is 5.32 Å². The summed E-state index contributed by atoms with van der Waals surface area (Å²) in [5.41, 5.74) is 1.04. The fourth-order valence-corrected chi connectivity index (χ4v) is 2.29. The van der Waals surface area contributed by atoms with Gasteiger partial charge >= 0.3 is 0 Å². The molecular weight excluding hydrogens is 208 g/mol. The Bertz CT molecular complexity index is 490. The van der Waals surface area contributed by atoms with Gasteiger partial charge in [-0.15, -0.1) is 11.3 Å². The number of rotatable bonds is 3. The molecule has 0 unspecified atom stereocenters. The molecule has 0 spiro atoms. The van der Waals surface area contributed by atoms with Crippen LogP contribution in [0.4, 0.5) is 5.69 Å². The molecule has 2 aromatic heterocycles. The molecule has 78 valence electrons. The molecule has 0 saturated carbocycles. The zero-order chi connectivity index (χ0) is 10.8. The van der Waals surface area contributed by atoms with Crippen molar-refractivity contribution in [2.75, 3.05) is 5.32 Å². The summed E-state index contributed by atoms with van der Waals surface area (Å²) in [6, 6.07) is 4.18. The molecule has 0 saturated heterocycles. The van der Waals surface area contributed by atoms with Crippen LogP contribution in [0.1, 0.15) is 23.5 Å². The number of hydrogen-bond donors (Lipinski definition) is 1. The molecule has 0 amide bonds. The highest BCUT2D eigenvalue weighted by atomic mass is 32.1. The van der Waals surface area contributed by atoms with E-state index in [1.165, 1.54) is 11.3 Å². The van der Waals surface area contributed by atoms with E-state index in [1.807, 2.05) is 12.1 Å².